The Balaban J connectivity index is 2.50. The lowest BCUT2D eigenvalue weighted by molar-refractivity contribution is -0.120. The van der Waals surface area contributed by atoms with Gasteiger partial charge in [-0.05, 0) is 18.9 Å². The first kappa shape index (κ1) is 8.82. The number of Topliss-reactive ketones (excluding diaryl/α,β-unsaturated/α-hetero) is 1. The average molecular weight is 187 g/mol. The van der Waals surface area contributed by atoms with Crippen LogP contribution in [-0.2, 0) is 10.2 Å². The van der Waals surface area contributed by atoms with Crippen LogP contribution < -0.4 is 0 Å². The third-order valence-electron chi connectivity index (χ3n) is 2.57. The summed E-state index contributed by atoms with van der Waals surface area (Å²) in [6.45, 7) is 0. The van der Waals surface area contributed by atoms with E-state index >= 15 is 0 Å². The first-order chi connectivity index (χ1) is 6.79. The van der Waals surface area contributed by atoms with E-state index in [0.717, 1.165) is 6.42 Å². The standard InChI is InChI=1S/C10H9N3O/c11-7-10(4-1-3-8(10)14)9-12-5-2-6-13-9/h2,5-6H,1,3-4H2. The van der Waals surface area contributed by atoms with Crippen LogP contribution in [0.5, 0.6) is 0 Å². The Kier molecular flexibility index (Phi) is 2.01. The minimum Gasteiger partial charge on any atom is -0.297 e. The fourth-order valence-corrected chi connectivity index (χ4v) is 1.79. The molecule has 1 saturated carbocycles. The molecular formula is C10H9N3O. The topological polar surface area (TPSA) is 66.6 Å². The van der Waals surface area contributed by atoms with Crippen LogP contribution in [0.1, 0.15) is 25.1 Å². The van der Waals surface area contributed by atoms with Crippen LogP contribution in [-0.4, -0.2) is 15.8 Å². The maximum Gasteiger partial charge on any atom is 0.174 e. The Hall–Kier alpha value is -1.76. The van der Waals surface area contributed by atoms with Crippen LogP contribution in [0.15, 0.2) is 18.5 Å². The van der Waals surface area contributed by atoms with Gasteiger partial charge in [0.2, 0.25) is 0 Å². The second-order valence-corrected chi connectivity index (χ2v) is 3.37. The second kappa shape index (κ2) is 3.18. The highest BCUT2D eigenvalue weighted by molar-refractivity contribution is 5.94. The average Bonchev–Trinajstić information content (AvgIpc) is 2.62. The lowest BCUT2D eigenvalue weighted by Gasteiger charge is -2.15. The van der Waals surface area contributed by atoms with Crippen LogP contribution in [0.4, 0.5) is 0 Å². The van der Waals surface area contributed by atoms with Gasteiger partial charge < -0.3 is 0 Å². The van der Waals surface area contributed by atoms with Crippen LogP contribution in [0.2, 0.25) is 0 Å². The van der Waals surface area contributed by atoms with Crippen molar-refractivity contribution in [3.05, 3.63) is 24.3 Å². The zero-order valence-corrected chi connectivity index (χ0v) is 7.60. The SMILES string of the molecule is N#CC1(c2ncccn2)CCCC1=O. The highest BCUT2D eigenvalue weighted by Crippen LogP contribution is 2.35. The van der Waals surface area contributed by atoms with Gasteiger partial charge in [0.25, 0.3) is 0 Å². The molecule has 1 heterocycles. The predicted octanol–water partition coefficient (Wildman–Crippen LogP) is 0.991. The van der Waals surface area contributed by atoms with E-state index in [0.29, 0.717) is 18.7 Å². The summed E-state index contributed by atoms with van der Waals surface area (Å²) < 4.78 is 0. The van der Waals surface area contributed by atoms with Gasteiger partial charge in [-0.1, -0.05) is 0 Å². The predicted molar refractivity (Wildman–Crippen MR) is 48.2 cm³/mol. The molecule has 4 nitrogen and oxygen atoms in total. The molecule has 0 N–H and O–H groups in total. The van der Waals surface area contributed by atoms with Crippen molar-refractivity contribution in [2.24, 2.45) is 0 Å². The lowest BCUT2D eigenvalue weighted by Crippen LogP contribution is -2.31. The van der Waals surface area contributed by atoms with E-state index < -0.39 is 5.41 Å². The summed E-state index contributed by atoms with van der Waals surface area (Å²) in [4.78, 5) is 19.6. The molecule has 14 heavy (non-hydrogen) atoms. The van der Waals surface area contributed by atoms with Crippen molar-refractivity contribution in [2.45, 2.75) is 24.7 Å². The first-order valence-corrected chi connectivity index (χ1v) is 4.52. The maximum absolute atomic E-state index is 11.6. The van der Waals surface area contributed by atoms with E-state index in [4.69, 9.17) is 5.26 Å². The number of nitriles is 1. The van der Waals surface area contributed by atoms with Crippen LogP contribution >= 0.6 is 0 Å². The third-order valence-corrected chi connectivity index (χ3v) is 2.57. The molecule has 1 aliphatic rings. The lowest BCUT2D eigenvalue weighted by atomic mass is 9.86. The molecule has 1 atom stereocenters. The summed E-state index contributed by atoms with van der Waals surface area (Å²) >= 11 is 0. The summed E-state index contributed by atoms with van der Waals surface area (Å²) in [7, 11) is 0. The molecule has 0 aromatic carbocycles. The number of carbonyl (C=O) groups excluding carboxylic acids is 1. The van der Waals surface area contributed by atoms with Crippen LogP contribution in [0.3, 0.4) is 0 Å². The smallest absolute Gasteiger partial charge is 0.174 e. The molecule has 0 bridgehead atoms. The molecule has 1 aromatic heterocycles. The van der Waals surface area contributed by atoms with E-state index in [1.807, 2.05) is 0 Å². The van der Waals surface area contributed by atoms with Gasteiger partial charge >= 0.3 is 0 Å². The molecular weight excluding hydrogens is 178 g/mol. The number of ketones is 1. The molecule has 4 heteroatoms. The van der Waals surface area contributed by atoms with Gasteiger partial charge in [-0.15, -0.1) is 0 Å². The van der Waals surface area contributed by atoms with Crippen LogP contribution in [0.25, 0.3) is 0 Å². The van der Waals surface area contributed by atoms with Crippen molar-refractivity contribution in [1.82, 2.24) is 9.97 Å². The Morgan fingerprint density at radius 2 is 2.14 bits per heavy atom. The zero-order chi connectivity index (χ0) is 10.0. The molecule has 70 valence electrons. The Bertz CT molecular complexity index is 396. The molecule has 1 aliphatic carbocycles. The van der Waals surface area contributed by atoms with Gasteiger partial charge in [-0.25, -0.2) is 9.97 Å². The summed E-state index contributed by atoms with van der Waals surface area (Å²) in [6, 6.07) is 3.74. The molecule has 2 rings (SSSR count). The number of hydrogen-bond acceptors (Lipinski definition) is 4. The Morgan fingerprint density at radius 3 is 2.64 bits per heavy atom. The molecule has 0 aliphatic heterocycles. The van der Waals surface area contributed by atoms with Gasteiger partial charge in [0.05, 0.1) is 6.07 Å². The molecule has 1 aromatic rings. The summed E-state index contributed by atoms with van der Waals surface area (Å²) in [6.07, 6.45) is 4.89. The number of hydrogen-bond donors (Lipinski definition) is 0. The molecule has 0 amide bonds. The fourth-order valence-electron chi connectivity index (χ4n) is 1.79. The van der Waals surface area contributed by atoms with E-state index in [9.17, 15) is 4.79 Å². The molecule has 1 fully saturated rings. The largest absolute Gasteiger partial charge is 0.297 e. The van der Waals surface area contributed by atoms with Crippen molar-refractivity contribution in [1.29, 1.82) is 5.26 Å². The molecule has 0 spiro atoms. The second-order valence-electron chi connectivity index (χ2n) is 3.37. The summed E-state index contributed by atoms with van der Waals surface area (Å²) in [5.74, 6) is 0.302. The number of carbonyl (C=O) groups is 1. The van der Waals surface area contributed by atoms with E-state index in [1.165, 1.54) is 0 Å². The Morgan fingerprint density at radius 1 is 1.43 bits per heavy atom. The van der Waals surface area contributed by atoms with E-state index in [1.54, 1.807) is 18.5 Å². The minimum absolute atomic E-state index is 0.0498. The summed E-state index contributed by atoms with van der Waals surface area (Å²) in [5, 5.41) is 9.09. The quantitative estimate of drug-likeness (QED) is 0.657. The fraction of sp³-hybridized carbons (Fsp3) is 0.400. The number of rotatable bonds is 1. The third kappa shape index (κ3) is 1.10. The number of aromatic nitrogens is 2. The maximum atomic E-state index is 11.6. The van der Waals surface area contributed by atoms with Crippen molar-refractivity contribution in [3.63, 3.8) is 0 Å². The molecule has 1 unspecified atom stereocenters. The normalized spacial score (nSPS) is 26.1. The van der Waals surface area contributed by atoms with Gasteiger partial charge in [-0.3, -0.25) is 4.79 Å². The van der Waals surface area contributed by atoms with Gasteiger partial charge in [-0.2, -0.15) is 5.26 Å². The van der Waals surface area contributed by atoms with Gasteiger partial charge in [0.1, 0.15) is 0 Å². The van der Waals surface area contributed by atoms with E-state index in [-0.39, 0.29) is 5.78 Å². The zero-order valence-electron chi connectivity index (χ0n) is 7.60. The van der Waals surface area contributed by atoms with Gasteiger partial charge in [0, 0.05) is 18.8 Å². The Labute approximate surface area is 81.6 Å². The number of nitrogens with zero attached hydrogens (tertiary/aromatic N) is 3. The highest BCUT2D eigenvalue weighted by atomic mass is 16.1. The summed E-state index contributed by atoms with van der Waals surface area (Å²) in [5.41, 5.74) is -1.07. The van der Waals surface area contributed by atoms with Crippen molar-refractivity contribution in [3.8, 4) is 6.07 Å². The van der Waals surface area contributed by atoms with Crippen molar-refractivity contribution >= 4 is 5.78 Å². The highest BCUT2D eigenvalue weighted by Gasteiger charge is 2.46. The molecule has 0 saturated heterocycles. The first-order valence-electron chi connectivity index (χ1n) is 4.52. The van der Waals surface area contributed by atoms with Gasteiger partial charge in [0.15, 0.2) is 17.0 Å². The van der Waals surface area contributed by atoms with E-state index in [2.05, 4.69) is 16.0 Å². The van der Waals surface area contributed by atoms with Crippen LogP contribution in [0, 0.1) is 11.3 Å². The van der Waals surface area contributed by atoms with Crippen molar-refractivity contribution < 1.29 is 4.79 Å². The monoisotopic (exact) mass is 187 g/mol. The van der Waals surface area contributed by atoms with Crippen molar-refractivity contribution in [2.75, 3.05) is 0 Å². The minimum atomic E-state index is -1.07. The molecule has 0 radical (unpaired) electrons.